The van der Waals surface area contributed by atoms with Gasteiger partial charge in [-0.2, -0.15) is 0 Å². The highest BCUT2D eigenvalue weighted by Gasteiger charge is 2.05. The number of hydrogen-bond donors (Lipinski definition) is 2. The van der Waals surface area contributed by atoms with Crippen LogP contribution < -0.4 is 5.73 Å². The second-order valence-corrected chi connectivity index (χ2v) is 1.85. The highest BCUT2D eigenvalue weighted by atomic mass is 32.1. The molecule has 0 aliphatic rings. The van der Waals surface area contributed by atoms with Gasteiger partial charge in [0.15, 0.2) is 6.29 Å². The first kappa shape index (κ1) is 9.80. The van der Waals surface area contributed by atoms with Crippen molar-refractivity contribution in [2.75, 3.05) is 0 Å². The summed E-state index contributed by atoms with van der Waals surface area (Å²) in [6.07, 6.45) is 1.52. The molecule has 0 spiro atoms. The molecule has 0 heterocycles. The first-order chi connectivity index (χ1) is 5.17. The Labute approximate surface area is 69.6 Å². The second kappa shape index (κ2) is 4.59. The van der Waals surface area contributed by atoms with Crippen LogP contribution in [0.3, 0.4) is 0 Å². The molecule has 0 bridgehead atoms. The standard InChI is InChI=1S/C6H8N2O2S/c1-5(8(10)4-11)6(2-7)3-9/h2-4,10H,1,7H2/b6-2-. The highest BCUT2D eigenvalue weighted by Crippen LogP contribution is 2.05. The number of carbonyl (C=O) groups is 1. The second-order valence-electron chi connectivity index (χ2n) is 1.64. The van der Waals surface area contributed by atoms with Gasteiger partial charge < -0.3 is 5.73 Å². The normalized spacial score (nSPS) is 10.5. The van der Waals surface area contributed by atoms with Gasteiger partial charge in [-0.15, -0.1) is 0 Å². The Hall–Kier alpha value is -1.20. The molecule has 11 heavy (non-hydrogen) atoms. The average molecular weight is 172 g/mol. The number of allylic oxidation sites excluding steroid dienone is 1. The van der Waals surface area contributed by atoms with E-state index in [0.29, 0.717) is 11.3 Å². The van der Waals surface area contributed by atoms with E-state index in [4.69, 9.17) is 10.9 Å². The molecule has 0 saturated heterocycles. The molecule has 0 rings (SSSR count). The fraction of sp³-hybridized carbons (Fsp3) is 0. The van der Waals surface area contributed by atoms with Crippen LogP contribution in [0.2, 0.25) is 0 Å². The average Bonchev–Trinajstić information content (AvgIpc) is 2.05. The maximum Gasteiger partial charge on any atom is 0.153 e. The summed E-state index contributed by atoms with van der Waals surface area (Å²) in [5.41, 5.74) is 6.12. The third-order valence-electron chi connectivity index (χ3n) is 1.02. The number of hydroxylamine groups is 2. The minimum Gasteiger partial charge on any atom is -0.404 e. The Morgan fingerprint density at radius 3 is 2.55 bits per heavy atom. The summed E-state index contributed by atoms with van der Waals surface area (Å²) in [6.45, 7) is 3.37. The molecule has 0 aliphatic heterocycles. The number of aldehydes is 1. The third kappa shape index (κ3) is 2.48. The van der Waals surface area contributed by atoms with Gasteiger partial charge in [-0.3, -0.25) is 10.0 Å². The molecule has 4 nitrogen and oxygen atoms in total. The van der Waals surface area contributed by atoms with Crippen molar-refractivity contribution >= 4 is 24.0 Å². The molecule has 0 amide bonds. The van der Waals surface area contributed by atoms with E-state index in [1.54, 1.807) is 0 Å². The molecule has 0 aromatic rings. The Balaban J connectivity index is 4.46. The van der Waals surface area contributed by atoms with E-state index in [0.717, 1.165) is 11.7 Å². The summed E-state index contributed by atoms with van der Waals surface area (Å²) < 4.78 is 0. The minimum atomic E-state index is 0.0532. The number of nitrogens with two attached hydrogens (primary N) is 1. The van der Waals surface area contributed by atoms with Crippen molar-refractivity contribution in [2.45, 2.75) is 0 Å². The van der Waals surface area contributed by atoms with E-state index in [1.165, 1.54) is 0 Å². The van der Waals surface area contributed by atoms with Crippen LogP contribution in [-0.2, 0) is 4.79 Å². The predicted octanol–water partition coefficient (Wildman–Crippen LogP) is 0.190. The van der Waals surface area contributed by atoms with Gasteiger partial charge in [0.2, 0.25) is 0 Å². The van der Waals surface area contributed by atoms with Gasteiger partial charge in [0.1, 0.15) is 0 Å². The molecule has 60 valence electrons. The predicted molar refractivity (Wildman–Crippen MR) is 44.8 cm³/mol. The van der Waals surface area contributed by atoms with Crippen LogP contribution in [0.1, 0.15) is 0 Å². The van der Waals surface area contributed by atoms with E-state index in [9.17, 15) is 4.79 Å². The number of rotatable bonds is 4. The summed E-state index contributed by atoms with van der Waals surface area (Å²) in [5, 5.41) is 9.42. The fourth-order valence-corrected chi connectivity index (χ4v) is 0.527. The van der Waals surface area contributed by atoms with Crippen LogP contribution in [0, 0.1) is 0 Å². The van der Waals surface area contributed by atoms with Gasteiger partial charge in [0.25, 0.3) is 0 Å². The zero-order valence-electron chi connectivity index (χ0n) is 5.73. The molecule has 0 aromatic heterocycles. The van der Waals surface area contributed by atoms with Crippen molar-refractivity contribution in [3.8, 4) is 0 Å². The quantitative estimate of drug-likeness (QED) is 0.208. The summed E-state index contributed by atoms with van der Waals surface area (Å²) in [7, 11) is 0. The first-order valence-corrected chi connectivity index (χ1v) is 3.14. The van der Waals surface area contributed by atoms with E-state index < -0.39 is 0 Å². The molecule has 0 unspecified atom stereocenters. The van der Waals surface area contributed by atoms with Crippen molar-refractivity contribution in [3.63, 3.8) is 0 Å². The summed E-state index contributed by atoms with van der Waals surface area (Å²) in [4.78, 5) is 10.2. The zero-order chi connectivity index (χ0) is 8.85. The van der Waals surface area contributed by atoms with Crippen LogP contribution in [0.5, 0.6) is 0 Å². The number of nitrogens with zero attached hydrogens (tertiary/aromatic N) is 1. The molecular weight excluding hydrogens is 164 g/mol. The molecule has 0 aromatic carbocycles. The van der Waals surface area contributed by atoms with Crippen molar-refractivity contribution in [1.29, 1.82) is 0 Å². The lowest BCUT2D eigenvalue weighted by Crippen LogP contribution is -2.16. The SMILES string of the molecule is C=C(/C(C=O)=C\N)N(O)C=S. The van der Waals surface area contributed by atoms with Crippen LogP contribution in [0.25, 0.3) is 0 Å². The van der Waals surface area contributed by atoms with Crippen molar-refractivity contribution in [1.82, 2.24) is 5.06 Å². The Morgan fingerprint density at radius 1 is 1.73 bits per heavy atom. The van der Waals surface area contributed by atoms with Crippen molar-refractivity contribution in [3.05, 3.63) is 24.0 Å². The molecular formula is C6H8N2O2S. The maximum absolute atomic E-state index is 10.2. The van der Waals surface area contributed by atoms with Gasteiger partial charge in [-0.05, 0) is 0 Å². The Morgan fingerprint density at radius 2 is 2.27 bits per heavy atom. The van der Waals surface area contributed by atoms with Gasteiger partial charge in [0.05, 0.1) is 16.8 Å². The van der Waals surface area contributed by atoms with E-state index in [2.05, 4.69) is 18.8 Å². The van der Waals surface area contributed by atoms with E-state index in [1.807, 2.05) is 0 Å². The summed E-state index contributed by atoms with van der Waals surface area (Å²) in [5.74, 6) is 0. The van der Waals surface area contributed by atoms with E-state index in [-0.39, 0.29) is 11.3 Å². The number of carbonyl (C=O) groups excluding carboxylic acids is 1. The van der Waals surface area contributed by atoms with Crippen LogP contribution in [0.4, 0.5) is 0 Å². The topological polar surface area (TPSA) is 66.6 Å². The molecule has 0 fully saturated rings. The van der Waals surface area contributed by atoms with Crippen LogP contribution >= 0.6 is 12.2 Å². The van der Waals surface area contributed by atoms with Gasteiger partial charge in [-0.1, -0.05) is 18.8 Å². The largest absolute Gasteiger partial charge is 0.404 e. The molecule has 0 radical (unpaired) electrons. The summed E-state index contributed by atoms with van der Waals surface area (Å²) >= 11 is 4.37. The monoisotopic (exact) mass is 172 g/mol. The molecule has 0 atom stereocenters. The lowest BCUT2D eigenvalue weighted by Gasteiger charge is -2.11. The molecule has 0 aliphatic carbocycles. The van der Waals surface area contributed by atoms with Crippen LogP contribution in [-0.4, -0.2) is 22.0 Å². The van der Waals surface area contributed by atoms with Gasteiger partial charge in [0, 0.05) is 6.20 Å². The molecule has 5 heteroatoms. The number of hydrogen-bond acceptors (Lipinski definition) is 4. The third-order valence-corrected chi connectivity index (χ3v) is 1.22. The van der Waals surface area contributed by atoms with Crippen molar-refractivity contribution < 1.29 is 10.0 Å². The Kier molecular flexibility index (Phi) is 4.09. The summed E-state index contributed by atoms with van der Waals surface area (Å²) in [6, 6.07) is 0. The Bertz CT molecular complexity index is 213. The lowest BCUT2D eigenvalue weighted by atomic mass is 10.2. The smallest absolute Gasteiger partial charge is 0.153 e. The number of thiocarbonyl (C=S) groups is 1. The fourth-order valence-electron chi connectivity index (χ4n) is 0.399. The van der Waals surface area contributed by atoms with Gasteiger partial charge >= 0.3 is 0 Å². The highest BCUT2D eigenvalue weighted by molar-refractivity contribution is 7.78. The van der Waals surface area contributed by atoms with Crippen molar-refractivity contribution in [2.24, 2.45) is 5.73 Å². The van der Waals surface area contributed by atoms with Gasteiger partial charge in [-0.25, -0.2) is 5.06 Å². The first-order valence-electron chi connectivity index (χ1n) is 2.67. The van der Waals surface area contributed by atoms with E-state index >= 15 is 0 Å². The molecule has 0 saturated carbocycles. The van der Waals surface area contributed by atoms with Crippen LogP contribution in [0.15, 0.2) is 24.0 Å². The minimum absolute atomic E-state index is 0.0532. The molecule has 3 N–H and O–H groups in total. The maximum atomic E-state index is 10.2. The lowest BCUT2D eigenvalue weighted by molar-refractivity contribution is -0.105. The zero-order valence-corrected chi connectivity index (χ0v) is 6.54.